The first-order valence-electron chi connectivity index (χ1n) is 13.2. The van der Waals surface area contributed by atoms with Gasteiger partial charge in [0.2, 0.25) is 5.91 Å². The Kier molecular flexibility index (Phi) is 9.37. The van der Waals surface area contributed by atoms with Gasteiger partial charge < -0.3 is 15.5 Å². The van der Waals surface area contributed by atoms with Crippen LogP contribution in [0.3, 0.4) is 0 Å². The summed E-state index contributed by atoms with van der Waals surface area (Å²) < 4.78 is 41.9. The second-order valence-corrected chi connectivity index (χ2v) is 9.78. The molecule has 2 amide bonds. The van der Waals surface area contributed by atoms with Crippen molar-refractivity contribution >= 4 is 23.5 Å². The fraction of sp³-hybridized carbons (Fsp3) is 0.333. The van der Waals surface area contributed by atoms with E-state index in [0.29, 0.717) is 30.0 Å². The maximum Gasteiger partial charge on any atom is 0.416 e. The number of nitrogens with one attached hydrogen (secondary N) is 2. The maximum atomic E-state index is 14.0. The first-order valence-corrected chi connectivity index (χ1v) is 13.2. The van der Waals surface area contributed by atoms with Crippen LogP contribution >= 0.6 is 0 Å². The zero-order valence-corrected chi connectivity index (χ0v) is 23.1. The summed E-state index contributed by atoms with van der Waals surface area (Å²) >= 11 is 0. The van der Waals surface area contributed by atoms with Gasteiger partial charge >= 0.3 is 6.18 Å². The van der Waals surface area contributed by atoms with Gasteiger partial charge in [-0.25, -0.2) is 9.97 Å². The maximum absolute atomic E-state index is 14.0. The predicted molar refractivity (Wildman–Crippen MR) is 150 cm³/mol. The zero-order chi connectivity index (χ0) is 29.6. The average molecular weight is 565 g/mol. The van der Waals surface area contributed by atoms with Crippen LogP contribution in [0.2, 0.25) is 0 Å². The van der Waals surface area contributed by atoms with Crippen LogP contribution in [-0.4, -0.2) is 64.3 Å². The Morgan fingerprint density at radius 2 is 1.66 bits per heavy atom. The van der Waals surface area contributed by atoms with E-state index < -0.39 is 17.6 Å². The van der Waals surface area contributed by atoms with Crippen LogP contribution in [0.15, 0.2) is 48.8 Å². The molecule has 41 heavy (non-hydrogen) atoms. The second kappa shape index (κ2) is 12.9. The molecule has 1 aliphatic heterocycles. The van der Waals surface area contributed by atoms with Crippen LogP contribution in [0, 0.1) is 18.8 Å². The number of likely N-dealkylation sites (N-methyl/N-ethyl adjacent to an activating group) is 1. The molecule has 4 rings (SSSR count). The number of rotatable bonds is 6. The fourth-order valence-corrected chi connectivity index (χ4v) is 4.47. The van der Waals surface area contributed by atoms with E-state index in [9.17, 15) is 22.8 Å². The van der Waals surface area contributed by atoms with Crippen molar-refractivity contribution in [1.82, 2.24) is 19.8 Å². The number of hydrogen-bond acceptors (Lipinski definition) is 6. The molecule has 11 heteroatoms. The number of piperazine rings is 1. The fourth-order valence-electron chi connectivity index (χ4n) is 4.47. The predicted octanol–water partition coefficient (Wildman–Crippen LogP) is 4.55. The summed E-state index contributed by atoms with van der Waals surface area (Å²) in [5, 5.41) is 5.21. The number of carbonyl (C=O) groups is 2. The summed E-state index contributed by atoms with van der Waals surface area (Å²) in [5.74, 6) is 5.60. The van der Waals surface area contributed by atoms with Crippen LogP contribution in [0.5, 0.6) is 0 Å². The van der Waals surface area contributed by atoms with E-state index in [1.165, 1.54) is 37.5 Å². The summed E-state index contributed by atoms with van der Waals surface area (Å²) in [6.07, 6.45) is -1.62. The molecular weight excluding hydrogens is 533 g/mol. The molecule has 3 aromatic rings. The molecule has 1 aromatic carbocycles. The van der Waals surface area contributed by atoms with Gasteiger partial charge in [0.15, 0.2) is 0 Å². The molecule has 8 nitrogen and oxygen atoms in total. The van der Waals surface area contributed by atoms with E-state index in [-0.39, 0.29) is 29.4 Å². The van der Waals surface area contributed by atoms with E-state index in [1.54, 1.807) is 19.1 Å². The smallest absolute Gasteiger partial charge is 0.311 e. The van der Waals surface area contributed by atoms with Crippen molar-refractivity contribution in [1.29, 1.82) is 0 Å². The molecule has 1 aliphatic rings. The monoisotopic (exact) mass is 564 g/mol. The molecule has 2 N–H and O–H groups in total. The highest BCUT2D eigenvalue weighted by atomic mass is 19.4. The number of amides is 2. The third-order valence-electron chi connectivity index (χ3n) is 6.71. The number of anilines is 2. The van der Waals surface area contributed by atoms with Crippen molar-refractivity contribution in [2.45, 2.75) is 33.5 Å². The van der Waals surface area contributed by atoms with Crippen LogP contribution in [0.4, 0.5) is 24.8 Å². The van der Waals surface area contributed by atoms with E-state index in [4.69, 9.17) is 0 Å². The first-order chi connectivity index (χ1) is 19.5. The molecule has 0 radical (unpaired) electrons. The van der Waals surface area contributed by atoms with Gasteiger partial charge in [-0.1, -0.05) is 24.8 Å². The third-order valence-corrected chi connectivity index (χ3v) is 6.71. The van der Waals surface area contributed by atoms with Gasteiger partial charge in [-0.05, 0) is 54.9 Å². The van der Waals surface area contributed by atoms with Gasteiger partial charge in [-0.15, -0.1) is 0 Å². The van der Waals surface area contributed by atoms with E-state index in [2.05, 4.69) is 44.3 Å². The highest BCUT2D eigenvalue weighted by Gasteiger charge is 2.34. The van der Waals surface area contributed by atoms with Crippen LogP contribution in [-0.2, 0) is 17.5 Å². The minimum Gasteiger partial charge on any atom is -0.311 e. The van der Waals surface area contributed by atoms with Gasteiger partial charge in [0.25, 0.3) is 5.91 Å². The molecule has 3 heterocycles. The third kappa shape index (κ3) is 8.13. The summed E-state index contributed by atoms with van der Waals surface area (Å²) in [4.78, 5) is 36.7. The van der Waals surface area contributed by atoms with Gasteiger partial charge in [-0.2, -0.15) is 13.2 Å². The Morgan fingerprint density at radius 3 is 2.32 bits per heavy atom. The number of benzene rings is 1. The van der Waals surface area contributed by atoms with E-state index >= 15 is 0 Å². The van der Waals surface area contributed by atoms with Crippen molar-refractivity contribution in [3.05, 3.63) is 82.2 Å². The van der Waals surface area contributed by atoms with Gasteiger partial charge in [-0.3, -0.25) is 14.5 Å². The summed E-state index contributed by atoms with van der Waals surface area (Å²) in [6, 6.07) is 8.65. The van der Waals surface area contributed by atoms with Crippen molar-refractivity contribution in [2.75, 3.05) is 43.4 Å². The molecular formula is C30H31F3N6O2. The van der Waals surface area contributed by atoms with E-state index in [0.717, 1.165) is 31.3 Å². The number of aryl methyl sites for hydroxylation is 1. The minimum absolute atomic E-state index is 0.115. The summed E-state index contributed by atoms with van der Waals surface area (Å²) in [7, 11) is 0. The zero-order valence-electron chi connectivity index (χ0n) is 23.1. The molecule has 0 spiro atoms. The van der Waals surface area contributed by atoms with Crippen molar-refractivity contribution in [3.8, 4) is 11.8 Å². The molecule has 214 valence electrons. The van der Waals surface area contributed by atoms with Crippen LogP contribution in [0.25, 0.3) is 0 Å². The lowest BCUT2D eigenvalue weighted by Gasteiger charge is -2.34. The topological polar surface area (TPSA) is 90.5 Å². The Morgan fingerprint density at radius 1 is 0.951 bits per heavy atom. The number of nitrogens with zero attached hydrogens (tertiary/aromatic N) is 4. The number of carbonyl (C=O) groups excluding carboxylic acids is 2. The van der Waals surface area contributed by atoms with Gasteiger partial charge in [0.05, 0.1) is 5.56 Å². The average Bonchev–Trinajstić information content (AvgIpc) is 2.93. The molecule has 0 aliphatic carbocycles. The Labute approximate surface area is 237 Å². The highest BCUT2D eigenvalue weighted by molar-refractivity contribution is 6.04. The lowest BCUT2D eigenvalue weighted by Crippen LogP contribution is -2.45. The highest BCUT2D eigenvalue weighted by Crippen LogP contribution is 2.33. The lowest BCUT2D eigenvalue weighted by atomic mass is 10.0. The largest absolute Gasteiger partial charge is 0.416 e. The molecule has 2 aromatic heterocycles. The normalized spacial score (nSPS) is 14.2. The Balaban J connectivity index is 1.47. The lowest BCUT2D eigenvalue weighted by molar-refractivity contribution is -0.138. The molecule has 1 fully saturated rings. The van der Waals surface area contributed by atoms with Crippen molar-refractivity contribution in [3.63, 3.8) is 0 Å². The molecule has 0 saturated carbocycles. The standard InChI is InChI=1S/C30H31F3N6O2/c1-4-38-11-13-39(14-12-38)19-25-8-7-24(17-26(25)30(31,32)33)29(41)37-27-16-22(9-10-34-27)5-6-23-15-20(2)28(35-18-23)36-21(3)40/h7-10,15-18H,4,11-14,19H2,1-3H3,(H,34,37,41)(H,35,36,40). The summed E-state index contributed by atoms with van der Waals surface area (Å²) in [6.45, 7) is 9.36. The number of aromatic nitrogens is 2. The molecule has 0 bridgehead atoms. The number of hydrogen-bond donors (Lipinski definition) is 2. The SMILES string of the molecule is CCN1CCN(Cc2ccc(C(=O)Nc3cc(C#Cc4cnc(NC(C)=O)c(C)c4)ccn3)cc2C(F)(F)F)CC1. The number of halogens is 3. The van der Waals surface area contributed by atoms with Crippen molar-refractivity contribution in [2.24, 2.45) is 0 Å². The van der Waals surface area contributed by atoms with Crippen LogP contribution in [0.1, 0.15) is 52.0 Å². The Hall–Kier alpha value is -4.27. The molecule has 1 saturated heterocycles. The minimum atomic E-state index is -4.60. The quantitative estimate of drug-likeness (QED) is 0.427. The Bertz CT molecular complexity index is 1490. The van der Waals surface area contributed by atoms with Gasteiger partial charge in [0, 0.05) is 68.7 Å². The van der Waals surface area contributed by atoms with E-state index in [1.807, 2.05) is 4.90 Å². The molecule has 0 atom stereocenters. The number of pyridine rings is 2. The van der Waals surface area contributed by atoms with Crippen LogP contribution < -0.4 is 10.6 Å². The van der Waals surface area contributed by atoms with Gasteiger partial charge in [0.1, 0.15) is 11.6 Å². The summed E-state index contributed by atoms with van der Waals surface area (Å²) in [5.41, 5.74) is 1.11. The first kappa shape index (κ1) is 29.7. The van der Waals surface area contributed by atoms with Crippen molar-refractivity contribution < 1.29 is 22.8 Å². The molecule has 0 unspecified atom stereocenters. The second-order valence-electron chi connectivity index (χ2n) is 9.78. The number of alkyl halides is 3.